The van der Waals surface area contributed by atoms with Crippen molar-refractivity contribution in [3.8, 4) is 0 Å². The Morgan fingerprint density at radius 1 is 0.929 bits per heavy atom. The summed E-state index contributed by atoms with van der Waals surface area (Å²) in [7, 11) is -4.14. The molecule has 1 saturated carbocycles. The molecule has 1 aliphatic carbocycles. The lowest BCUT2D eigenvalue weighted by atomic mass is 9.95. The normalized spacial score (nSPS) is 14.6. The fourth-order valence-corrected chi connectivity index (χ4v) is 7.14. The van der Waals surface area contributed by atoms with Crippen LogP contribution in [0.4, 0.5) is 5.69 Å². The van der Waals surface area contributed by atoms with Crippen molar-refractivity contribution in [1.82, 2.24) is 10.2 Å². The zero-order chi connectivity index (χ0) is 30.1. The van der Waals surface area contributed by atoms with E-state index in [9.17, 15) is 18.0 Å². The zero-order valence-electron chi connectivity index (χ0n) is 24.3. The van der Waals surface area contributed by atoms with Crippen LogP contribution in [0.5, 0.6) is 0 Å². The predicted molar refractivity (Wildman–Crippen MR) is 168 cm³/mol. The van der Waals surface area contributed by atoms with E-state index in [4.69, 9.17) is 11.6 Å². The lowest BCUT2D eigenvalue weighted by Gasteiger charge is -2.34. The molecule has 0 radical (unpaired) electrons. The summed E-state index contributed by atoms with van der Waals surface area (Å²) < 4.78 is 29.2. The molecule has 0 spiro atoms. The number of para-hydroxylation sites is 1. The van der Waals surface area contributed by atoms with Crippen molar-refractivity contribution in [2.45, 2.75) is 75.8 Å². The highest BCUT2D eigenvalue weighted by Gasteiger charge is 2.34. The maximum absolute atomic E-state index is 14.2. The maximum atomic E-state index is 14.2. The first kappa shape index (κ1) is 31.6. The van der Waals surface area contributed by atoms with Gasteiger partial charge in [-0.1, -0.05) is 86.3 Å². The van der Waals surface area contributed by atoms with Gasteiger partial charge in [0.2, 0.25) is 11.8 Å². The minimum Gasteiger partial charge on any atom is -0.352 e. The Bertz CT molecular complexity index is 1440. The molecule has 1 atom stereocenters. The number of carbonyl (C=O) groups excluding carboxylic acids is 2. The van der Waals surface area contributed by atoms with Crippen LogP contribution in [-0.4, -0.2) is 50.3 Å². The number of anilines is 1. The number of carbonyl (C=O) groups is 2. The lowest BCUT2D eigenvalue weighted by Crippen LogP contribution is -2.54. The second-order valence-electron chi connectivity index (χ2n) is 10.8. The second-order valence-corrected chi connectivity index (χ2v) is 13.1. The van der Waals surface area contributed by atoms with Gasteiger partial charge in [-0.2, -0.15) is 0 Å². The van der Waals surface area contributed by atoms with E-state index in [1.54, 1.807) is 17.0 Å². The van der Waals surface area contributed by atoms with Crippen LogP contribution in [0.2, 0.25) is 5.02 Å². The van der Waals surface area contributed by atoms with Crippen LogP contribution in [0.1, 0.15) is 56.6 Å². The number of nitrogens with zero attached hydrogens (tertiary/aromatic N) is 2. The monoisotopic (exact) mass is 609 g/mol. The van der Waals surface area contributed by atoms with Crippen LogP contribution in [0.3, 0.4) is 0 Å². The number of hydrogen-bond donors (Lipinski definition) is 1. The van der Waals surface area contributed by atoms with Gasteiger partial charge in [-0.05, 0) is 74.1 Å². The molecule has 3 aromatic carbocycles. The van der Waals surface area contributed by atoms with Crippen LogP contribution < -0.4 is 9.62 Å². The summed E-state index contributed by atoms with van der Waals surface area (Å²) in [4.78, 5) is 29.4. The summed E-state index contributed by atoms with van der Waals surface area (Å²) in [6.45, 7) is 3.53. The van der Waals surface area contributed by atoms with Crippen molar-refractivity contribution in [3.63, 3.8) is 0 Å². The van der Waals surface area contributed by atoms with Gasteiger partial charge in [-0.15, -0.1) is 0 Å². The van der Waals surface area contributed by atoms with E-state index in [1.165, 1.54) is 30.7 Å². The van der Waals surface area contributed by atoms with Gasteiger partial charge in [0.25, 0.3) is 10.0 Å². The molecule has 0 heterocycles. The van der Waals surface area contributed by atoms with E-state index in [2.05, 4.69) is 5.32 Å². The van der Waals surface area contributed by atoms with E-state index in [0.717, 1.165) is 35.6 Å². The topological polar surface area (TPSA) is 86.8 Å². The fraction of sp³-hybridized carbons (Fsp3) is 0.394. The SMILES string of the molecule is CC[C@H](C(=O)NC1CCCCC1)N(CCc1ccccc1)C(=O)CN(c1ccccc1C)S(=O)(=O)c1ccc(Cl)cc1. The number of benzene rings is 3. The minimum atomic E-state index is -4.14. The highest BCUT2D eigenvalue weighted by atomic mass is 35.5. The molecule has 224 valence electrons. The summed E-state index contributed by atoms with van der Waals surface area (Å²) in [6.07, 6.45) is 6.13. The number of sulfonamides is 1. The first-order valence-electron chi connectivity index (χ1n) is 14.7. The Kier molecular flexibility index (Phi) is 11.0. The van der Waals surface area contributed by atoms with Gasteiger partial charge in [0.15, 0.2) is 0 Å². The van der Waals surface area contributed by atoms with Crippen LogP contribution >= 0.6 is 11.6 Å². The summed E-state index contributed by atoms with van der Waals surface area (Å²) >= 11 is 6.04. The van der Waals surface area contributed by atoms with Crippen LogP contribution in [0, 0.1) is 6.92 Å². The standard InChI is InChI=1S/C33H40ClN3O4S/c1-3-30(33(39)35-28-15-8-5-9-16-28)36(23-22-26-13-6-4-7-14-26)32(38)24-37(31-17-11-10-12-25(31)2)42(40,41)29-20-18-27(34)19-21-29/h4,6-7,10-14,17-21,28,30H,3,5,8-9,15-16,22-24H2,1-2H3,(H,35,39)/t30-/m1/s1. The van der Waals surface area contributed by atoms with Crippen molar-refractivity contribution < 1.29 is 18.0 Å². The molecule has 0 saturated heterocycles. The Morgan fingerprint density at radius 2 is 1.57 bits per heavy atom. The molecule has 7 nitrogen and oxygen atoms in total. The van der Waals surface area contributed by atoms with E-state index in [0.29, 0.717) is 29.1 Å². The van der Waals surface area contributed by atoms with Crippen molar-refractivity contribution >= 4 is 39.1 Å². The fourth-order valence-electron chi connectivity index (χ4n) is 5.53. The molecular formula is C33H40ClN3O4S. The highest BCUT2D eigenvalue weighted by Crippen LogP contribution is 2.28. The van der Waals surface area contributed by atoms with Gasteiger partial charge >= 0.3 is 0 Å². The van der Waals surface area contributed by atoms with Crippen LogP contribution in [0.15, 0.2) is 83.8 Å². The molecule has 0 aliphatic heterocycles. The summed E-state index contributed by atoms with van der Waals surface area (Å²) in [6, 6.07) is 22.1. The molecule has 9 heteroatoms. The number of nitrogens with one attached hydrogen (secondary N) is 1. The average molecular weight is 610 g/mol. The quantitative estimate of drug-likeness (QED) is 0.267. The van der Waals surface area contributed by atoms with Gasteiger partial charge in [0, 0.05) is 17.6 Å². The van der Waals surface area contributed by atoms with E-state index >= 15 is 0 Å². The van der Waals surface area contributed by atoms with Crippen LogP contribution in [-0.2, 0) is 26.0 Å². The number of hydrogen-bond acceptors (Lipinski definition) is 4. The number of halogens is 1. The van der Waals surface area contributed by atoms with Crippen molar-refractivity contribution in [2.75, 3.05) is 17.4 Å². The van der Waals surface area contributed by atoms with Gasteiger partial charge in [0.05, 0.1) is 10.6 Å². The highest BCUT2D eigenvalue weighted by molar-refractivity contribution is 7.92. The molecule has 0 aromatic heterocycles. The third-order valence-corrected chi connectivity index (χ3v) is 9.91. The predicted octanol–water partition coefficient (Wildman–Crippen LogP) is 6.14. The Morgan fingerprint density at radius 3 is 2.21 bits per heavy atom. The molecule has 3 aromatic rings. The molecule has 2 amide bonds. The van der Waals surface area contributed by atoms with Gasteiger partial charge in [-0.25, -0.2) is 8.42 Å². The van der Waals surface area contributed by atoms with E-state index < -0.39 is 28.5 Å². The molecular weight excluding hydrogens is 570 g/mol. The van der Waals surface area contributed by atoms with Gasteiger partial charge < -0.3 is 10.2 Å². The molecule has 1 aliphatic rings. The zero-order valence-corrected chi connectivity index (χ0v) is 25.9. The number of rotatable bonds is 12. The van der Waals surface area contributed by atoms with E-state index in [-0.39, 0.29) is 23.4 Å². The molecule has 1 fully saturated rings. The van der Waals surface area contributed by atoms with Crippen molar-refractivity contribution in [1.29, 1.82) is 0 Å². The van der Waals surface area contributed by atoms with Gasteiger partial charge in [-0.3, -0.25) is 13.9 Å². The molecule has 4 rings (SSSR count). The first-order valence-corrected chi connectivity index (χ1v) is 16.5. The van der Waals surface area contributed by atoms with Crippen LogP contribution in [0.25, 0.3) is 0 Å². The molecule has 42 heavy (non-hydrogen) atoms. The first-order chi connectivity index (χ1) is 20.2. The molecule has 0 bridgehead atoms. The van der Waals surface area contributed by atoms with E-state index in [1.807, 2.05) is 56.3 Å². The number of amides is 2. The third kappa shape index (κ3) is 7.92. The summed E-state index contributed by atoms with van der Waals surface area (Å²) in [5, 5.41) is 3.59. The van der Waals surface area contributed by atoms with Crippen molar-refractivity contribution in [2.24, 2.45) is 0 Å². The Balaban J connectivity index is 1.67. The Hall–Kier alpha value is -3.36. The minimum absolute atomic E-state index is 0.0286. The third-order valence-electron chi connectivity index (χ3n) is 7.89. The summed E-state index contributed by atoms with van der Waals surface area (Å²) in [5.74, 6) is -0.619. The maximum Gasteiger partial charge on any atom is 0.264 e. The smallest absolute Gasteiger partial charge is 0.264 e. The number of aryl methyl sites for hydroxylation is 1. The second kappa shape index (κ2) is 14.7. The summed E-state index contributed by atoms with van der Waals surface area (Å²) in [5.41, 5.74) is 2.15. The molecule has 1 N–H and O–H groups in total. The van der Waals surface area contributed by atoms with Gasteiger partial charge in [0.1, 0.15) is 12.6 Å². The van der Waals surface area contributed by atoms with Crippen molar-refractivity contribution in [3.05, 3.63) is 95.0 Å². The molecule has 0 unspecified atom stereocenters. The largest absolute Gasteiger partial charge is 0.352 e. The Labute approximate surface area is 254 Å². The lowest BCUT2D eigenvalue weighted by molar-refractivity contribution is -0.140. The average Bonchev–Trinajstić information content (AvgIpc) is 2.99.